The molecular formula is C8H15ClN2O. The van der Waals surface area contributed by atoms with E-state index in [1.165, 1.54) is 0 Å². The van der Waals surface area contributed by atoms with E-state index in [9.17, 15) is 4.79 Å². The van der Waals surface area contributed by atoms with Crippen LogP contribution in [0.5, 0.6) is 0 Å². The predicted octanol–water partition coefficient (Wildman–Crippen LogP) is 0.423. The molecule has 1 rings (SSSR count). The molecule has 0 spiro atoms. The normalized spacial score (nSPS) is 19.7. The van der Waals surface area contributed by atoms with Crippen LogP contribution >= 0.6 is 11.6 Å². The van der Waals surface area contributed by atoms with Crippen molar-refractivity contribution in [1.82, 2.24) is 4.90 Å². The topological polar surface area (TPSA) is 46.3 Å². The highest BCUT2D eigenvalue weighted by atomic mass is 35.5. The molecule has 3 nitrogen and oxygen atoms in total. The highest BCUT2D eigenvalue weighted by Crippen LogP contribution is 2.15. The maximum Gasteiger partial charge on any atom is 0.237 e. The quantitative estimate of drug-likeness (QED) is 0.642. The molecule has 0 saturated carbocycles. The molecule has 1 fully saturated rings. The third kappa shape index (κ3) is 2.35. The van der Waals surface area contributed by atoms with Crippen LogP contribution in [0.25, 0.3) is 0 Å². The summed E-state index contributed by atoms with van der Waals surface area (Å²) in [6.45, 7) is 2.39. The second-order valence-corrected chi connectivity index (χ2v) is 3.46. The molecule has 2 N–H and O–H groups in total. The average Bonchev–Trinajstić information content (AvgIpc) is 2.17. The summed E-state index contributed by atoms with van der Waals surface area (Å²) in [6.07, 6.45) is 2.05. The van der Waals surface area contributed by atoms with E-state index in [2.05, 4.69) is 0 Å². The van der Waals surface area contributed by atoms with Gasteiger partial charge in [0.15, 0.2) is 0 Å². The Morgan fingerprint density at radius 2 is 2.08 bits per heavy atom. The number of hydrogen-bond donors (Lipinski definition) is 1. The van der Waals surface area contributed by atoms with Crippen molar-refractivity contribution >= 4 is 17.5 Å². The molecule has 12 heavy (non-hydrogen) atoms. The summed E-state index contributed by atoms with van der Waals surface area (Å²) in [4.78, 5) is 12.9. The molecule has 0 radical (unpaired) electrons. The molecule has 0 aromatic carbocycles. The number of alkyl halides is 1. The van der Waals surface area contributed by atoms with E-state index < -0.39 is 0 Å². The van der Waals surface area contributed by atoms with Crippen molar-refractivity contribution in [2.24, 2.45) is 11.7 Å². The van der Waals surface area contributed by atoms with Crippen molar-refractivity contribution in [1.29, 1.82) is 0 Å². The monoisotopic (exact) mass is 190 g/mol. The van der Waals surface area contributed by atoms with Gasteiger partial charge in [0.1, 0.15) is 5.88 Å². The zero-order valence-electron chi connectivity index (χ0n) is 7.13. The number of halogens is 1. The summed E-state index contributed by atoms with van der Waals surface area (Å²) in [6, 6.07) is 0. The lowest BCUT2D eigenvalue weighted by atomic mass is 9.97. The molecule has 70 valence electrons. The maximum absolute atomic E-state index is 11.1. The first-order valence-electron chi connectivity index (χ1n) is 4.31. The summed E-state index contributed by atoms with van der Waals surface area (Å²) in [5.74, 6) is 0.754. The minimum absolute atomic E-state index is 0.0483. The number of nitrogens with two attached hydrogens (primary N) is 1. The molecule has 0 bridgehead atoms. The molecule has 0 unspecified atom stereocenters. The van der Waals surface area contributed by atoms with Crippen molar-refractivity contribution in [2.75, 3.05) is 25.5 Å². The number of hydrogen-bond acceptors (Lipinski definition) is 2. The predicted molar refractivity (Wildman–Crippen MR) is 49.1 cm³/mol. The van der Waals surface area contributed by atoms with Gasteiger partial charge in [-0.05, 0) is 25.3 Å². The fraction of sp³-hybridized carbons (Fsp3) is 0.875. The zero-order valence-corrected chi connectivity index (χ0v) is 7.89. The van der Waals surface area contributed by atoms with Crippen LogP contribution in [0.2, 0.25) is 0 Å². The fourth-order valence-electron chi connectivity index (χ4n) is 1.50. The number of carbonyl (C=O) groups excluding carboxylic acids is 1. The summed E-state index contributed by atoms with van der Waals surface area (Å²) in [5, 5.41) is 0. The van der Waals surface area contributed by atoms with Crippen molar-refractivity contribution < 1.29 is 4.79 Å². The van der Waals surface area contributed by atoms with Crippen molar-refractivity contribution in [3.8, 4) is 0 Å². The lowest BCUT2D eigenvalue weighted by Crippen LogP contribution is -2.40. The number of likely N-dealkylation sites (tertiary alicyclic amines) is 1. The SMILES string of the molecule is NCC1CCN(C(=O)CCl)CC1. The average molecular weight is 191 g/mol. The van der Waals surface area contributed by atoms with E-state index in [1.54, 1.807) is 0 Å². The van der Waals surface area contributed by atoms with Gasteiger partial charge in [0.25, 0.3) is 0 Å². The van der Waals surface area contributed by atoms with Gasteiger partial charge in [0.05, 0.1) is 0 Å². The summed E-state index contributed by atoms with van der Waals surface area (Å²) < 4.78 is 0. The Hall–Kier alpha value is -0.280. The van der Waals surface area contributed by atoms with Crippen LogP contribution in [0.1, 0.15) is 12.8 Å². The van der Waals surface area contributed by atoms with Gasteiger partial charge in [-0.1, -0.05) is 0 Å². The first-order valence-corrected chi connectivity index (χ1v) is 4.85. The Bertz CT molecular complexity index is 155. The molecule has 1 amide bonds. The van der Waals surface area contributed by atoms with E-state index >= 15 is 0 Å². The van der Waals surface area contributed by atoms with Gasteiger partial charge in [0.2, 0.25) is 5.91 Å². The first kappa shape index (κ1) is 9.81. The van der Waals surface area contributed by atoms with E-state index in [0.717, 1.165) is 32.5 Å². The molecule has 0 aromatic rings. The fourth-order valence-corrected chi connectivity index (χ4v) is 1.67. The molecule has 0 atom stereocenters. The van der Waals surface area contributed by atoms with Gasteiger partial charge in [-0.15, -0.1) is 11.6 Å². The van der Waals surface area contributed by atoms with E-state index in [0.29, 0.717) is 5.92 Å². The number of carbonyl (C=O) groups is 1. The molecule has 4 heteroatoms. The number of nitrogens with zero attached hydrogens (tertiary/aromatic N) is 1. The van der Waals surface area contributed by atoms with Gasteiger partial charge in [-0.2, -0.15) is 0 Å². The van der Waals surface area contributed by atoms with Gasteiger partial charge in [-0.3, -0.25) is 4.79 Å². The highest BCUT2D eigenvalue weighted by molar-refractivity contribution is 6.27. The summed E-state index contributed by atoms with van der Waals surface area (Å²) in [7, 11) is 0. The Balaban J connectivity index is 2.30. The lowest BCUT2D eigenvalue weighted by Gasteiger charge is -2.30. The minimum Gasteiger partial charge on any atom is -0.342 e. The highest BCUT2D eigenvalue weighted by Gasteiger charge is 2.20. The molecule has 1 aliphatic rings. The Morgan fingerprint density at radius 1 is 1.50 bits per heavy atom. The van der Waals surface area contributed by atoms with Gasteiger partial charge in [-0.25, -0.2) is 0 Å². The molecule has 1 heterocycles. The van der Waals surface area contributed by atoms with Gasteiger partial charge >= 0.3 is 0 Å². The summed E-state index contributed by atoms with van der Waals surface area (Å²) in [5.41, 5.74) is 5.53. The van der Waals surface area contributed by atoms with E-state index in [1.807, 2.05) is 4.90 Å². The number of piperidine rings is 1. The minimum atomic E-state index is 0.0483. The molecule has 1 aliphatic heterocycles. The largest absolute Gasteiger partial charge is 0.342 e. The van der Waals surface area contributed by atoms with Crippen LogP contribution in [0, 0.1) is 5.92 Å². The second-order valence-electron chi connectivity index (χ2n) is 3.19. The van der Waals surface area contributed by atoms with Crippen LogP contribution in [0.15, 0.2) is 0 Å². The smallest absolute Gasteiger partial charge is 0.237 e. The number of rotatable bonds is 2. The Kier molecular flexibility index (Phi) is 3.82. The second kappa shape index (κ2) is 4.67. The zero-order chi connectivity index (χ0) is 8.97. The van der Waals surface area contributed by atoms with Crippen molar-refractivity contribution in [3.05, 3.63) is 0 Å². The van der Waals surface area contributed by atoms with Gasteiger partial charge in [0, 0.05) is 13.1 Å². The molecular weight excluding hydrogens is 176 g/mol. The molecule has 1 saturated heterocycles. The third-order valence-electron chi connectivity index (χ3n) is 2.41. The molecule has 0 aliphatic carbocycles. The van der Waals surface area contributed by atoms with Gasteiger partial charge < -0.3 is 10.6 Å². The van der Waals surface area contributed by atoms with Crippen LogP contribution in [0.3, 0.4) is 0 Å². The third-order valence-corrected chi connectivity index (χ3v) is 2.64. The van der Waals surface area contributed by atoms with Crippen LogP contribution in [0.4, 0.5) is 0 Å². The number of amides is 1. The Labute approximate surface area is 77.9 Å². The van der Waals surface area contributed by atoms with Crippen LogP contribution in [-0.2, 0) is 4.79 Å². The van der Waals surface area contributed by atoms with Crippen LogP contribution < -0.4 is 5.73 Å². The van der Waals surface area contributed by atoms with E-state index in [-0.39, 0.29) is 11.8 Å². The maximum atomic E-state index is 11.1. The van der Waals surface area contributed by atoms with Crippen LogP contribution in [-0.4, -0.2) is 36.3 Å². The Morgan fingerprint density at radius 3 is 2.50 bits per heavy atom. The first-order chi connectivity index (χ1) is 5.77. The molecule has 0 aromatic heterocycles. The van der Waals surface area contributed by atoms with Crippen molar-refractivity contribution in [2.45, 2.75) is 12.8 Å². The standard InChI is InChI=1S/C8H15ClN2O/c9-5-8(12)11-3-1-7(6-10)2-4-11/h7H,1-6,10H2. The summed E-state index contributed by atoms with van der Waals surface area (Å²) >= 11 is 5.44. The lowest BCUT2D eigenvalue weighted by molar-refractivity contribution is -0.129. The van der Waals surface area contributed by atoms with E-state index in [4.69, 9.17) is 17.3 Å². The van der Waals surface area contributed by atoms with Crippen molar-refractivity contribution in [3.63, 3.8) is 0 Å².